The maximum atomic E-state index is 10.4. The molecule has 0 amide bonds. The quantitative estimate of drug-likeness (QED) is 0.235. The summed E-state index contributed by atoms with van der Waals surface area (Å²) in [5.74, 6) is 0.787. The van der Waals surface area contributed by atoms with E-state index in [1.54, 1.807) is 0 Å². The molecule has 0 bridgehead atoms. The van der Waals surface area contributed by atoms with Crippen LogP contribution in [0.4, 0.5) is 0 Å². The summed E-state index contributed by atoms with van der Waals surface area (Å²) in [6.45, 7) is 2.79. The summed E-state index contributed by atoms with van der Waals surface area (Å²) >= 11 is 0. The number of ether oxygens (including phenoxy) is 2. The molecule has 7 heteroatoms. The van der Waals surface area contributed by atoms with Crippen LogP contribution in [0.15, 0.2) is 24.3 Å². The number of hydrogen-bond donors (Lipinski definition) is 1. The zero-order chi connectivity index (χ0) is 21.2. The van der Waals surface area contributed by atoms with Crippen molar-refractivity contribution in [3.8, 4) is 5.75 Å². The Morgan fingerprint density at radius 3 is 1.90 bits per heavy atom. The highest BCUT2D eigenvalue weighted by molar-refractivity contribution is 7.80. The molecular formula is C22H38O6S. The number of hydrogen-bond acceptors (Lipinski definition) is 5. The molecule has 1 aromatic carbocycles. The maximum Gasteiger partial charge on any atom is 0.397 e. The first-order valence-corrected chi connectivity index (χ1v) is 12.3. The lowest BCUT2D eigenvalue weighted by Crippen LogP contribution is -2.13. The van der Waals surface area contributed by atoms with Gasteiger partial charge in [0.15, 0.2) is 0 Å². The molecule has 0 heterocycles. The first-order chi connectivity index (χ1) is 14.0. The van der Waals surface area contributed by atoms with Crippen molar-refractivity contribution in [2.75, 3.05) is 26.4 Å². The van der Waals surface area contributed by atoms with Crippen molar-refractivity contribution in [3.63, 3.8) is 0 Å². The van der Waals surface area contributed by atoms with Crippen LogP contribution in [0.3, 0.4) is 0 Å². The molecule has 29 heavy (non-hydrogen) atoms. The minimum Gasteiger partial charge on any atom is -0.491 e. The van der Waals surface area contributed by atoms with E-state index in [2.05, 4.69) is 23.2 Å². The van der Waals surface area contributed by atoms with Crippen LogP contribution in [0.25, 0.3) is 0 Å². The lowest BCUT2D eigenvalue weighted by atomic mass is 10.0. The van der Waals surface area contributed by atoms with E-state index in [0.717, 1.165) is 12.2 Å². The largest absolute Gasteiger partial charge is 0.491 e. The molecule has 1 rings (SSSR count). The van der Waals surface area contributed by atoms with Gasteiger partial charge in [-0.1, -0.05) is 76.8 Å². The number of unbranched alkanes of at least 4 members (excludes halogenated alkanes) is 9. The summed E-state index contributed by atoms with van der Waals surface area (Å²) in [5.41, 5.74) is 1.33. The maximum absolute atomic E-state index is 10.4. The first-order valence-electron chi connectivity index (χ1n) is 10.9. The third kappa shape index (κ3) is 16.3. The molecule has 0 aliphatic rings. The summed E-state index contributed by atoms with van der Waals surface area (Å²) < 4.78 is 44.0. The van der Waals surface area contributed by atoms with Crippen molar-refractivity contribution >= 4 is 10.4 Å². The van der Waals surface area contributed by atoms with Gasteiger partial charge in [0, 0.05) is 0 Å². The Bertz CT molecular complexity index is 600. The fraction of sp³-hybridized carbons (Fsp3) is 0.727. The van der Waals surface area contributed by atoms with Crippen LogP contribution in [0.1, 0.15) is 76.7 Å². The Morgan fingerprint density at radius 1 is 0.759 bits per heavy atom. The molecule has 1 aromatic rings. The van der Waals surface area contributed by atoms with E-state index in [1.807, 2.05) is 12.1 Å². The van der Waals surface area contributed by atoms with Crippen molar-refractivity contribution in [2.45, 2.75) is 77.6 Å². The first kappa shape index (κ1) is 25.9. The summed E-state index contributed by atoms with van der Waals surface area (Å²) in [7, 11) is -4.39. The van der Waals surface area contributed by atoms with Crippen molar-refractivity contribution in [1.82, 2.24) is 0 Å². The van der Waals surface area contributed by atoms with Gasteiger partial charge < -0.3 is 9.47 Å². The highest BCUT2D eigenvalue weighted by atomic mass is 32.3. The van der Waals surface area contributed by atoms with E-state index in [4.69, 9.17) is 14.0 Å². The molecular weight excluding hydrogens is 392 g/mol. The molecule has 1 N–H and O–H groups in total. The molecule has 0 fully saturated rings. The molecule has 168 valence electrons. The second kappa shape index (κ2) is 16.6. The number of benzene rings is 1. The summed E-state index contributed by atoms with van der Waals surface area (Å²) in [6, 6.07) is 8.13. The lowest BCUT2D eigenvalue weighted by molar-refractivity contribution is 0.0748. The molecule has 0 saturated carbocycles. The predicted octanol–water partition coefficient (Wildman–Crippen LogP) is 5.36. The number of aryl methyl sites for hydroxylation is 1. The smallest absolute Gasteiger partial charge is 0.397 e. The van der Waals surface area contributed by atoms with Gasteiger partial charge in [0.1, 0.15) is 12.4 Å². The van der Waals surface area contributed by atoms with Crippen molar-refractivity contribution < 1.29 is 26.6 Å². The molecule has 0 unspecified atom stereocenters. The van der Waals surface area contributed by atoms with Gasteiger partial charge in [0.25, 0.3) is 0 Å². The van der Waals surface area contributed by atoms with Crippen molar-refractivity contribution in [3.05, 3.63) is 29.8 Å². The average molecular weight is 431 g/mol. The second-order valence-electron chi connectivity index (χ2n) is 7.29. The standard InChI is InChI=1S/C22H38O6S/c1-2-3-4-5-6-7-8-9-10-11-12-21-13-15-22(16-14-21)27-19-17-26-18-20-28-29(23,24)25/h13-16H,2-12,17-20H2,1H3,(H,23,24,25). The number of rotatable bonds is 19. The minimum absolute atomic E-state index is 0.0704. The van der Waals surface area contributed by atoms with Gasteiger partial charge in [0.2, 0.25) is 0 Å². The third-order valence-electron chi connectivity index (χ3n) is 4.70. The highest BCUT2D eigenvalue weighted by Crippen LogP contribution is 2.15. The molecule has 0 atom stereocenters. The fourth-order valence-corrected chi connectivity index (χ4v) is 3.37. The van der Waals surface area contributed by atoms with Gasteiger partial charge in [-0.15, -0.1) is 0 Å². The molecule has 0 saturated heterocycles. The van der Waals surface area contributed by atoms with Crippen molar-refractivity contribution in [1.29, 1.82) is 0 Å². The van der Waals surface area contributed by atoms with E-state index in [-0.39, 0.29) is 13.2 Å². The van der Waals surface area contributed by atoms with Gasteiger partial charge in [-0.3, -0.25) is 4.55 Å². The molecule has 6 nitrogen and oxygen atoms in total. The van der Waals surface area contributed by atoms with Crippen LogP contribution in [-0.4, -0.2) is 39.4 Å². The summed E-state index contributed by atoms with van der Waals surface area (Å²) in [6.07, 6.45) is 14.6. The summed E-state index contributed by atoms with van der Waals surface area (Å²) in [5, 5.41) is 0. The monoisotopic (exact) mass is 430 g/mol. The minimum atomic E-state index is -4.39. The van der Waals surface area contributed by atoms with Crippen LogP contribution < -0.4 is 4.74 Å². The Kier molecular flexibility index (Phi) is 14.8. The van der Waals surface area contributed by atoms with Crippen LogP contribution >= 0.6 is 0 Å². The Hall–Kier alpha value is -1.15. The SMILES string of the molecule is CCCCCCCCCCCCc1ccc(OCCOCCOS(=O)(=O)O)cc1. The summed E-state index contributed by atoms with van der Waals surface area (Å²) in [4.78, 5) is 0. The molecule has 0 radical (unpaired) electrons. The van der Waals surface area contributed by atoms with Gasteiger partial charge in [-0.25, -0.2) is 4.18 Å². The van der Waals surface area contributed by atoms with Gasteiger partial charge in [0.05, 0.1) is 19.8 Å². The second-order valence-corrected chi connectivity index (χ2v) is 8.38. The van der Waals surface area contributed by atoms with E-state index in [1.165, 1.54) is 69.8 Å². The fourth-order valence-electron chi connectivity index (χ4n) is 3.09. The van der Waals surface area contributed by atoms with Gasteiger partial charge in [-0.2, -0.15) is 8.42 Å². The van der Waals surface area contributed by atoms with Gasteiger partial charge in [-0.05, 0) is 30.5 Å². The molecule has 0 aromatic heterocycles. The van der Waals surface area contributed by atoms with Gasteiger partial charge >= 0.3 is 10.4 Å². The van der Waals surface area contributed by atoms with E-state index < -0.39 is 10.4 Å². The van der Waals surface area contributed by atoms with E-state index in [9.17, 15) is 8.42 Å². The topological polar surface area (TPSA) is 82.1 Å². The molecule has 0 aliphatic heterocycles. The van der Waals surface area contributed by atoms with E-state index in [0.29, 0.717) is 13.2 Å². The Morgan fingerprint density at radius 2 is 1.31 bits per heavy atom. The highest BCUT2D eigenvalue weighted by Gasteiger charge is 2.03. The van der Waals surface area contributed by atoms with Crippen LogP contribution in [0.2, 0.25) is 0 Å². The molecule has 0 spiro atoms. The Labute approximate surface area is 176 Å². The van der Waals surface area contributed by atoms with Crippen LogP contribution in [-0.2, 0) is 25.7 Å². The average Bonchev–Trinajstić information content (AvgIpc) is 2.69. The lowest BCUT2D eigenvalue weighted by Gasteiger charge is -2.08. The van der Waals surface area contributed by atoms with Crippen LogP contribution in [0.5, 0.6) is 5.75 Å². The normalized spacial score (nSPS) is 11.7. The zero-order valence-corrected chi connectivity index (χ0v) is 18.6. The van der Waals surface area contributed by atoms with Crippen LogP contribution in [0, 0.1) is 0 Å². The van der Waals surface area contributed by atoms with Crippen molar-refractivity contribution in [2.24, 2.45) is 0 Å². The molecule has 0 aliphatic carbocycles. The zero-order valence-electron chi connectivity index (χ0n) is 17.8. The Balaban J connectivity index is 1.98. The third-order valence-corrected chi connectivity index (χ3v) is 5.16. The van der Waals surface area contributed by atoms with E-state index >= 15 is 0 Å². The predicted molar refractivity (Wildman–Crippen MR) is 116 cm³/mol.